The summed E-state index contributed by atoms with van der Waals surface area (Å²) in [7, 11) is 1.17. The first-order valence-electron chi connectivity index (χ1n) is 8.10. The molecule has 0 radical (unpaired) electrons. The Hall–Kier alpha value is -2.14. The summed E-state index contributed by atoms with van der Waals surface area (Å²) in [5.74, 6) is -1.62. The maximum Gasteiger partial charge on any atom is 0.416 e. The zero-order valence-electron chi connectivity index (χ0n) is 14.7. The van der Waals surface area contributed by atoms with Gasteiger partial charge in [-0.3, -0.25) is 4.79 Å². The van der Waals surface area contributed by atoms with Crippen LogP contribution in [0.4, 0.5) is 13.2 Å². The molecule has 28 heavy (non-hydrogen) atoms. The molecule has 2 N–H and O–H groups in total. The molecular formula is C19H17F3INO4. The topological polar surface area (TPSA) is 75.6 Å². The molecule has 0 aliphatic heterocycles. The minimum Gasteiger partial charge on any atom is -0.467 e. The predicted molar refractivity (Wildman–Crippen MR) is 103 cm³/mol. The Morgan fingerprint density at radius 2 is 1.75 bits per heavy atom. The number of hydrogen-bond acceptors (Lipinski definition) is 4. The van der Waals surface area contributed by atoms with Crippen LogP contribution in [0.3, 0.4) is 0 Å². The van der Waals surface area contributed by atoms with Crippen molar-refractivity contribution in [2.45, 2.75) is 24.7 Å². The van der Waals surface area contributed by atoms with Crippen molar-refractivity contribution in [1.29, 1.82) is 0 Å². The highest BCUT2D eigenvalue weighted by molar-refractivity contribution is 14.1. The monoisotopic (exact) mass is 507 g/mol. The first-order valence-corrected chi connectivity index (χ1v) is 9.18. The Kier molecular flexibility index (Phi) is 7.41. The summed E-state index contributed by atoms with van der Waals surface area (Å²) in [5.41, 5.74) is -0.124. The normalized spacial score (nSPS) is 13.5. The number of esters is 1. The number of methoxy groups -OCH3 is 1. The fraction of sp³-hybridized carbons (Fsp3) is 0.263. The highest BCUT2D eigenvalue weighted by Crippen LogP contribution is 2.30. The molecule has 2 aromatic carbocycles. The van der Waals surface area contributed by atoms with Crippen LogP contribution in [0.15, 0.2) is 48.5 Å². The number of hydrogen-bond donors (Lipinski definition) is 2. The summed E-state index contributed by atoms with van der Waals surface area (Å²) in [6.07, 6.45) is -6.12. The summed E-state index contributed by atoms with van der Waals surface area (Å²) >= 11 is 2.09. The molecule has 0 spiro atoms. The molecular weight excluding hydrogens is 490 g/mol. The van der Waals surface area contributed by atoms with Crippen LogP contribution in [0, 0.1) is 3.57 Å². The Morgan fingerprint density at radius 1 is 1.14 bits per heavy atom. The van der Waals surface area contributed by atoms with E-state index >= 15 is 0 Å². The number of benzene rings is 2. The summed E-state index contributed by atoms with van der Waals surface area (Å²) in [4.78, 5) is 24.4. The molecule has 0 aliphatic rings. The Bertz CT molecular complexity index is 840. The number of amides is 1. The molecule has 5 nitrogen and oxygen atoms in total. The van der Waals surface area contributed by atoms with Gasteiger partial charge >= 0.3 is 12.1 Å². The molecule has 150 valence electrons. The van der Waals surface area contributed by atoms with Crippen molar-refractivity contribution < 1.29 is 32.6 Å². The molecule has 0 saturated carbocycles. The molecule has 0 aromatic heterocycles. The third kappa shape index (κ3) is 5.68. The molecule has 2 aromatic rings. The van der Waals surface area contributed by atoms with Gasteiger partial charge in [-0.25, -0.2) is 4.79 Å². The average molecular weight is 507 g/mol. The fourth-order valence-corrected chi connectivity index (χ4v) is 3.08. The van der Waals surface area contributed by atoms with Crippen molar-refractivity contribution in [1.82, 2.24) is 5.32 Å². The first kappa shape index (κ1) is 22.2. The molecule has 9 heteroatoms. The van der Waals surface area contributed by atoms with Gasteiger partial charge in [0.2, 0.25) is 0 Å². The molecule has 0 bridgehead atoms. The van der Waals surface area contributed by atoms with Gasteiger partial charge in [0.1, 0.15) is 6.04 Å². The number of aliphatic hydroxyl groups excluding tert-OH is 1. The van der Waals surface area contributed by atoms with Crippen LogP contribution in [0.5, 0.6) is 0 Å². The molecule has 2 atom stereocenters. The van der Waals surface area contributed by atoms with E-state index in [1.165, 1.54) is 7.11 Å². The smallest absolute Gasteiger partial charge is 0.416 e. The van der Waals surface area contributed by atoms with E-state index in [0.717, 1.165) is 33.4 Å². The van der Waals surface area contributed by atoms with Gasteiger partial charge in [-0.05, 0) is 51.9 Å². The number of nitrogens with one attached hydrogen (secondary N) is 1. The lowest BCUT2D eigenvalue weighted by Gasteiger charge is -2.20. The van der Waals surface area contributed by atoms with Gasteiger partial charge in [-0.15, -0.1) is 0 Å². The van der Waals surface area contributed by atoms with Crippen molar-refractivity contribution in [3.8, 4) is 0 Å². The maximum atomic E-state index is 12.6. The van der Waals surface area contributed by atoms with Crippen molar-refractivity contribution in [2.75, 3.05) is 7.11 Å². The van der Waals surface area contributed by atoms with Crippen LogP contribution in [0.2, 0.25) is 0 Å². The van der Waals surface area contributed by atoms with Crippen molar-refractivity contribution >= 4 is 34.5 Å². The summed E-state index contributed by atoms with van der Waals surface area (Å²) in [5, 5.41) is 12.6. The molecule has 0 unspecified atom stereocenters. The van der Waals surface area contributed by atoms with E-state index in [4.69, 9.17) is 4.74 Å². The van der Waals surface area contributed by atoms with Crippen LogP contribution in [0.1, 0.15) is 22.8 Å². The van der Waals surface area contributed by atoms with Crippen LogP contribution < -0.4 is 5.32 Å². The number of halogens is 4. The molecule has 0 saturated heterocycles. The molecule has 0 fully saturated rings. The van der Waals surface area contributed by atoms with Gasteiger partial charge in [-0.1, -0.05) is 30.3 Å². The largest absolute Gasteiger partial charge is 0.467 e. The van der Waals surface area contributed by atoms with E-state index in [-0.39, 0.29) is 12.0 Å². The highest BCUT2D eigenvalue weighted by atomic mass is 127. The minimum absolute atomic E-state index is 0.0246. The lowest BCUT2D eigenvalue weighted by atomic mass is 10.0. The maximum absolute atomic E-state index is 12.6. The van der Waals surface area contributed by atoms with Crippen molar-refractivity contribution in [3.63, 3.8) is 0 Å². The van der Waals surface area contributed by atoms with Crippen LogP contribution in [-0.2, 0) is 26.9 Å². The Balaban J connectivity index is 2.14. The quantitative estimate of drug-likeness (QED) is 0.465. The SMILES string of the molecule is COC(=O)[C@H](Cc1ccccc1I)NC(=O)[C@H](O)c1ccc(C(F)(F)F)cc1. The van der Waals surface area contributed by atoms with Gasteiger partial charge in [0.05, 0.1) is 12.7 Å². The van der Waals surface area contributed by atoms with Crippen molar-refractivity contribution in [3.05, 3.63) is 68.8 Å². The zero-order chi connectivity index (χ0) is 20.9. The molecule has 2 rings (SSSR count). The molecule has 1 amide bonds. The second kappa shape index (κ2) is 9.37. The van der Waals surface area contributed by atoms with Gasteiger partial charge in [0.15, 0.2) is 6.10 Å². The number of rotatable bonds is 6. The second-order valence-corrected chi connectivity index (χ2v) is 7.06. The molecule has 0 heterocycles. The van der Waals surface area contributed by atoms with Gasteiger partial charge in [0, 0.05) is 9.99 Å². The lowest BCUT2D eigenvalue weighted by Crippen LogP contribution is -2.45. The van der Waals surface area contributed by atoms with Crippen LogP contribution in [-0.4, -0.2) is 30.1 Å². The number of carbonyl (C=O) groups is 2. The second-order valence-electron chi connectivity index (χ2n) is 5.90. The van der Waals surface area contributed by atoms with Gasteiger partial charge in [0.25, 0.3) is 5.91 Å². The number of aliphatic hydroxyl groups is 1. The fourth-order valence-electron chi connectivity index (χ4n) is 2.48. The van der Waals surface area contributed by atoms with Gasteiger partial charge in [-0.2, -0.15) is 13.2 Å². The van der Waals surface area contributed by atoms with E-state index in [1.807, 2.05) is 12.1 Å². The van der Waals surface area contributed by atoms with E-state index < -0.39 is 35.8 Å². The third-order valence-electron chi connectivity index (χ3n) is 3.99. The van der Waals surface area contributed by atoms with Crippen molar-refractivity contribution in [2.24, 2.45) is 0 Å². The van der Waals surface area contributed by atoms with E-state index in [2.05, 4.69) is 27.9 Å². The number of carbonyl (C=O) groups excluding carboxylic acids is 2. The average Bonchev–Trinajstić information content (AvgIpc) is 2.67. The van der Waals surface area contributed by atoms with Gasteiger partial charge < -0.3 is 15.2 Å². The highest BCUT2D eigenvalue weighted by Gasteiger charge is 2.31. The molecule has 0 aliphatic carbocycles. The summed E-state index contributed by atoms with van der Waals surface area (Å²) in [6.45, 7) is 0. The lowest BCUT2D eigenvalue weighted by molar-refractivity contribution is -0.146. The van der Waals surface area contributed by atoms with Crippen LogP contribution >= 0.6 is 22.6 Å². The van der Waals surface area contributed by atoms with E-state index in [9.17, 15) is 27.9 Å². The predicted octanol–water partition coefficient (Wildman–Crippen LogP) is 3.24. The van der Waals surface area contributed by atoms with Crippen LogP contribution in [0.25, 0.3) is 0 Å². The number of ether oxygens (including phenoxy) is 1. The third-order valence-corrected chi connectivity index (χ3v) is 5.04. The summed E-state index contributed by atoms with van der Waals surface area (Å²) < 4.78 is 43.5. The summed E-state index contributed by atoms with van der Waals surface area (Å²) in [6, 6.07) is 9.75. The number of alkyl halides is 3. The Labute approximate surface area is 173 Å². The zero-order valence-corrected chi connectivity index (χ0v) is 16.8. The Morgan fingerprint density at radius 3 is 2.29 bits per heavy atom. The first-order chi connectivity index (χ1) is 13.1. The van der Waals surface area contributed by atoms with E-state index in [0.29, 0.717) is 0 Å². The minimum atomic E-state index is -4.52. The standard InChI is InChI=1S/C19H17F3INO4/c1-28-18(27)15(10-12-4-2-3-5-14(12)23)24-17(26)16(25)11-6-8-13(9-7-11)19(20,21)22/h2-9,15-16,25H,10H2,1H3,(H,24,26)/t15-,16+/m0/s1. The van der Waals surface area contributed by atoms with E-state index in [1.54, 1.807) is 12.1 Å².